The van der Waals surface area contributed by atoms with Crippen LogP contribution in [0, 0.1) is 5.92 Å². The Morgan fingerprint density at radius 1 is 1.19 bits per heavy atom. The number of ether oxygens (including phenoxy) is 1. The Hall–Kier alpha value is -0.160. The van der Waals surface area contributed by atoms with E-state index >= 15 is 0 Å². The van der Waals surface area contributed by atoms with Crippen molar-refractivity contribution in [3.05, 3.63) is 0 Å². The van der Waals surface area contributed by atoms with Crippen molar-refractivity contribution < 1.29 is 9.84 Å². The van der Waals surface area contributed by atoms with Crippen molar-refractivity contribution in [2.45, 2.75) is 43.5 Å². The predicted molar refractivity (Wildman–Crippen MR) is 61.1 cm³/mol. The van der Waals surface area contributed by atoms with Gasteiger partial charge in [0, 0.05) is 26.2 Å². The summed E-state index contributed by atoms with van der Waals surface area (Å²) in [7, 11) is 0. The van der Waals surface area contributed by atoms with Gasteiger partial charge in [-0.2, -0.15) is 0 Å². The molecule has 92 valence electrons. The number of fused-ring (bicyclic) bond motifs is 2. The van der Waals surface area contributed by atoms with E-state index in [1.807, 2.05) is 0 Å². The van der Waals surface area contributed by atoms with Crippen molar-refractivity contribution in [2.75, 3.05) is 26.2 Å². The lowest BCUT2D eigenvalue weighted by molar-refractivity contribution is -0.0748. The standard InChI is InChI=1S/C12H22N2O2/c13-7-12(15,9-1-2-9)8-14-5-10-3-4-11(6-14)16-10/h9-11,15H,1-8,13H2. The van der Waals surface area contributed by atoms with Crippen molar-refractivity contribution in [3.8, 4) is 0 Å². The molecule has 0 radical (unpaired) electrons. The van der Waals surface area contributed by atoms with Crippen LogP contribution in [0.3, 0.4) is 0 Å². The van der Waals surface area contributed by atoms with Gasteiger partial charge >= 0.3 is 0 Å². The summed E-state index contributed by atoms with van der Waals surface area (Å²) in [6.45, 7) is 3.09. The van der Waals surface area contributed by atoms with Crippen molar-refractivity contribution in [1.82, 2.24) is 4.90 Å². The van der Waals surface area contributed by atoms with E-state index in [4.69, 9.17) is 10.5 Å². The quantitative estimate of drug-likeness (QED) is 0.705. The molecule has 0 amide bonds. The normalized spacial score (nSPS) is 38.6. The van der Waals surface area contributed by atoms with E-state index in [0.717, 1.165) is 32.5 Å². The molecule has 3 N–H and O–H groups in total. The molecule has 2 heterocycles. The lowest BCUT2D eigenvalue weighted by atomic mass is 9.97. The van der Waals surface area contributed by atoms with E-state index < -0.39 is 5.60 Å². The topological polar surface area (TPSA) is 58.7 Å². The molecule has 2 saturated heterocycles. The summed E-state index contributed by atoms with van der Waals surface area (Å²) in [5.41, 5.74) is 5.10. The molecule has 0 spiro atoms. The van der Waals surface area contributed by atoms with E-state index in [2.05, 4.69) is 4.90 Å². The van der Waals surface area contributed by atoms with Crippen LogP contribution in [0.2, 0.25) is 0 Å². The molecule has 1 saturated carbocycles. The molecule has 3 fully saturated rings. The molecule has 2 bridgehead atoms. The number of hydrogen-bond donors (Lipinski definition) is 2. The molecule has 0 aromatic carbocycles. The number of nitrogens with two attached hydrogens (primary N) is 1. The van der Waals surface area contributed by atoms with Gasteiger partial charge in [-0.15, -0.1) is 0 Å². The summed E-state index contributed by atoms with van der Waals surface area (Å²) in [5.74, 6) is 0.443. The number of likely N-dealkylation sites (tertiary alicyclic amines) is 1. The van der Waals surface area contributed by atoms with Gasteiger partial charge in [0.25, 0.3) is 0 Å². The minimum Gasteiger partial charge on any atom is -0.387 e. The van der Waals surface area contributed by atoms with Gasteiger partial charge in [-0.25, -0.2) is 0 Å². The lowest BCUT2D eigenvalue weighted by Gasteiger charge is -2.38. The van der Waals surface area contributed by atoms with E-state index in [9.17, 15) is 5.11 Å². The average molecular weight is 226 g/mol. The third-order valence-electron chi connectivity index (χ3n) is 4.31. The first-order valence-electron chi connectivity index (χ1n) is 6.50. The van der Waals surface area contributed by atoms with Crippen LogP contribution < -0.4 is 5.73 Å². The van der Waals surface area contributed by atoms with Crippen LogP contribution in [-0.2, 0) is 4.74 Å². The van der Waals surface area contributed by atoms with Crippen LogP contribution in [-0.4, -0.2) is 54.0 Å². The molecule has 3 aliphatic rings. The third-order valence-corrected chi connectivity index (χ3v) is 4.31. The number of rotatable bonds is 4. The van der Waals surface area contributed by atoms with E-state index in [1.165, 1.54) is 12.8 Å². The fourth-order valence-corrected chi connectivity index (χ4v) is 3.20. The van der Waals surface area contributed by atoms with Crippen LogP contribution >= 0.6 is 0 Å². The lowest BCUT2D eigenvalue weighted by Crippen LogP contribution is -2.54. The minimum atomic E-state index is -0.642. The highest BCUT2D eigenvalue weighted by Crippen LogP contribution is 2.40. The van der Waals surface area contributed by atoms with Gasteiger partial charge in [-0.05, 0) is 31.6 Å². The average Bonchev–Trinajstić information content (AvgIpc) is 3.06. The summed E-state index contributed by atoms with van der Waals surface area (Å²) < 4.78 is 5.80. The van der Waals surface area contributed by atoms with Crippen molar-refractivity contribution in [1.29, 1.82) is 0 Å². The first kappa shape index (κ1) is 11.0. The molecule has 3 unspecified atom stereocenters. The smallest absolute Gasteiger partial charge is 0.0923 e. The van der Waals surface area contributed by atoms with Crippen molar-refractivity contribution in [3.63, 3.8) is 0 Å². The largest absolute Gasteiger partial charge is 0.387 e. The van der Waals surface area contributed by atoms with E-state index in [-0.39, 0.29) is 0 Å². The van der Waals surface area contributed by atoms with E-state index in [1.54, 1.807) is 0 Å². The molecular weight excluding hydrogens is 204 g/mol. The third kappa shape index (κ3) is 1.99. The summed E-state index contributed by atoms with van der Waals surface area (Å²) in [4.78, 5) is 2.36. The van der Waals surface area contributed by atoms with Crippen LogP contribution in [0.4, 0.5) is 0 Å². The van der Waals surface area contributed by atoms with E-state index in [0.29, 0.717) is 24.7 Å². The second-order valence-electron chi connectivity index (χ2n) is 5.73. The Morgan fingerprint density at radius 3 is 2.31 bits per heavy atom. The number of hydrogen-bond acceptors (Lipinski definition) is 4. The minimum absolute atomic E-state index is 0.393. The summed E-state index contributed by atoms with van der Waals surface area (Å²) >= 11 is 0. The summed E-state index contributed by atoms with van der Waals surface area (Å²) in [6.07, 6.45) is 5.47. The maximum atomic E-state index is 10.5. The highest BCUT2D eigenvalue weighted by atomic mass is 16.5. The van der Waals surface area contributed by atoms with Gasteiger partial charge < -0.3 is 15.6 Å². The number of aliphatic hydroxyl groups is 1. The zero-order chi connectivity index (χ0) is 11.2. The van der Waals surface area contributed by atoms with Crippen LogP contribution in [0.5, 0.6) is 0 Å². The Kier molecular flexibility index (Phi) is 2.70. The molecule has 4 heteroatoms. The van der Waals surface area contributed by atoms with Gasteiger partial charge in [0.15, 0.2) is 0 Å². The maximum Gasteiger partial charge on any atom is 0.0923 e. The zero-order valence-corrected chi connectivity index (χ0v) is 9.77. The fraction of sp³-hybridized carbons (Fsp3) is 1.00. The van der Waals surface area contributed by atoms with Crippen LogP contribution in [0.25, 0.3) is 0 Å². The highest BCUT2D eigenvalue weighted by molar-refractivity contribution is 4.99. The fourth-order valence-electron chi connectivity index (χ4n) is 3.20. The van der Waals surface area contributed by atoms with Gasteiger partial charge in [0.05, 0.1) is 17.8 Å². The Bertz CT molecular complexity index is 258. The molecule has 0 aromatic rings. The number of morpholine rings is 1. The number of nitrogens with zero attached hydrogens (tertiary/aromatic N) is 1. The molecular formula is C12H22N2O2. The molecule has 2 aliphatic heterocycles. The second kappa shape index (κ2) is 3.95. The molecule has 3 rings (SSSR count). The van der Waals surface area contributed by atoms with Crippen LogP contribution in [0.1, 0.15) is 25.7 Å². The molecule has 0 aromatic heterocycles. The maximum absolute atomic E-state index is 10.5. The number of β-amino-alcohol motifs (C(OH)–C–C–N with tert-alkyl or cyclic N) is 1. The first-order valence-corrected chi connectivity index (χ1v) is 6.50. The zero-order valence-electron chi connectivity index (χ0n) is 9.77. The Morgan fingerprint density at radius 2 is 1.81 bits per heavy atom. The summed E-state index contributed by atoms with van der Waals surface area (Å²) in [6, 6.07) is 0. The van der Waals surface area contributed by atoms with Gasteiger partial charge in [0.1, 0.15) is 0 Å². The molecule has 4 nitrogen and oxygen atoms in total. The molecule has 16 heavy (non-hydrogen) atoms. The Labute approximate surface area is 96.7 Å². The molecule has 3 atom stereocenters. The predicted octanol–water partition coefficient (Wildman–Crippen LogP) is -0.0506. The van der Waals surface area contributed by atoms with Gasteiger partial charge in [0.2, 0.25) is 0 Å². The van der Waals surface area contributed by atoms with Crippen molar-refractivity contribution in [2.24, 2.45) is 11.7 Å². The summed E-state index contributed by atoms with van der Waals surface area (Å²) in [5, 5.41) is 10.5. The van der Waals surface area contributed by atoms with Crippen LogP contribution in [0.15, 0.2) is 0 Å². The Balaban J connectivity index is 1.61. The highest BCUT2D eigenvalue weighted by Gasteiger charge is 2.45. The second-order valence-corrected chi connectivity index (χ2v) is 5.73. The van der Waals surface area contributed by atoms with Gasteiger partial charge in [-0.1, -0.05) is 0 Å². The first-order chi connectivity index (χ1) is 7.69. The van der Waals surface area contributed by atoms with Crippen molar-refractivity contribution >= 4 is 0 Å². The van der Waals surface area contributed by atoms with Gasteiger partial charge in [-0.3, -0.25) is 4.90 Å². The monoisotopic (exact) mass is 226 g/mol. The SMILES string of the molecule is NCC(O)(CN1CC2CCC(C1)O2)C1CC1. The molecule has 1 aliphatic carbocycles.